The van der Waals surface area contributed by atoms with Crippen LogP contribution in [-0.4, -0.2) is 61.1 Å². The number of carboxylic acid groups (broad SMARTS) is 1. The van der Waals surface area contributed by atoms with E-state index in [1.807, 2.05) is 6.07 Å². The van der Waals surface area contributed by atoms with Crippen LogP contribution >= 0.6 is 0 Å². The van der Waals surface area contributed by atoms with Gasteiger partial charge >= 0.3 is 6.09 Å². The fourth-order valence-electron chi connectivity index (χ4n) is 4.16. The lowest BCUT2D eigenvalue weighted by Gasteiger charge is -2.36. The summed E-state index contributed by atoms with van der Waals surface area (Å²) in [4.78, 5) is 28.1. The van der Waals surface area contributed by atoms with E-state index in [1.165, 1.54) is 0 Å². The minimum absolute atomic E-state index is 0.0980. The van der Waals surface area contributed by atoms with Crippen LogP contribution < -0.4 is 5.32 Å². The van der Waals surface area contributed by atoms with E-state index < -0.39 is 31.0 Å². The zero-order valence-electron chi connectivity index (χ0n) is 17.1. The van der Waals surface area contributed by atoms with Crippen molar-refractivity contribution < 1.29 is 18.7 Å². The smallest absolute Gasteiger partial charge is 0.407 e. The number of aromatic amines is 1. The molecular weight excluding hydrogens is 432 g/mol. The maximum absolute atomic E-state index is 14.1. The first kappa shape index (κ1) is 20.6. The number of nitrogens with zero attached hydrogens (tertiary/aromatic N) is 5. The molecule has 11 heteroatoms. The average molecular weight is 449 g/mol. The van der Waals surface area contributed by atoms with Gasteiger partial charge in [-0.2, -0.15) is 5.26 Å². The zero-order valence-corrected chi connectivity index (χ0v) is 17.1. The Kier molecular flexibility index (Phi) is 4.78. The van der Waals surface area contributed by atoms with Gasteiger partial charge in [-0.3, -0.25) is 4.98 Å². The van der Waals surface area contributed by atoms with Crippen LogP contribution in [0.25, 0.3) is 32.9 Å². The molecule has 0 aliphatic carbocycles. The summed E-state index contributed by atoms with van der Waals surface area (Å²) in [6, 6.07) is 6.57. The maximum Gasteiger partial charge on any atom is 0.407 e. The molecule has 0 unspecified atom stereocenters. The zero-order chi connectivity index (χ0) is 23.2. The number of piperidine rings is 1. The normalized spacial score (nSPS) is 17.7. The topological polar surface area (TPSA) is 131 Å². The number of H-pyrrole nitrogens is 1. The average Bonchev–Trinajstić information content (AvgIpc) is 3.20. The third kappa shape index (κ3) is 3.87. The highest BCUT2D eigenvalue weighted by atomic mass is 19.3. The van der Waals surface area contributed by atoms with Crippen LogP contribution in [0.2, 0.25) is 0 Å². The van der Waals surface area contributed by atoms with Gasteiger partial charge in [0.1, 0.15) is 0 Å². The van der Waals surface area contributed by atoms with Crippen LogP contribution in [0.15, 0.2) is 43.0 Å². The minimum Gasteiger partial charge on any atom is -0.465 e. The van der Waals surface area contributed by atoms with Gasteiger partial charge in [0.2, 0.25) is 5.95 Å². The molecule has 0 bridgehead atoms. The van der Waals surface area contributed by atoms with Crippen molar-refractivity contribution in [3.05, 3.63) is 48.5 Å². The molecule has 1 atom stereocenters. The Labute approximate surface area is 185 Å². The lowest BCUT2D eigenvalue weighted by atomic mass is 10.0. The number of amides is 1. The van der Waals surface area contributed by atoms with Gasteiger partial charge < -0.3 is 20.3 Å². The molecule has 1 amide bonds. The van der Waals surface area contributed by atoms with E-state index in [1.54, 1.807) is 36.9 Å². The van der Waals surface area contributed by atoms with E-state index in [-0.39, 0.29) is 12.5 Å². The van der Waals surface area contributed by atoms with Gasteiger partial charge in [-0.15, -0.1) is 0 Å². The predicted octanol–water partition coefficient (Wildman–Crippen LogP) is 3.84. The molecule has 1 aliphatic heterocycles. The summed E-state index contributed by atoms with van der Waals surface area (Å²) in [5, 5.41) is 22.7. The van der Waals surface area contributed by atoms with Gasteiger partial charge in [-0.05, 0) is 12.1 Å². The van der Waals surface area contributed by atoms with Crippen molar-refractivity contribution in [2.24, 2.45) is 0 Å². The number of aromatic nitrogens is 4. The van der Waals surface area contributed by atoms with Gasteiger partial charge in [0.05, 0.1) is 29.7 Å². The number of pyridine rings is 1. The van der Waals surface area contributed by atoms with E-state index in [0.29, 0.717) is 26.9 Å². The van der Waals surface area contributed by atoms with Crippen molar-refractivity contribution in [2.75, 3.05) is 18.4 Å². The fourth-order valence-corrected chi connectivity index (χ4v) is 4.16. The molecule has 4 heterocycles. The number of fused-ring (bicyclic) bond motifs is 2. The largest absolute Gasteiger partial charge is 0.465 e. The van der Waals surface area contributed by atoms with Crippen LogP contribution in [-0.2, 0) is 0 Å². The van der Waals surface area contributed by atoms with Crippen LogP contribution in [0.5, 0.6) is 0 Å². The molecule has 0 radical (unpaired) electrons. The number of likely N-dealkylation sites (tertiary alicyclic amines) is 1. The number of hydrogen-bond acceptors (Lipinski definition) is 6. The molecule has 166 valence electrons. The van der Waals surface area contributed by atoms with E-state index >= 15 is 0 Å². The summed E-state index contributed by atoms with van der Waals surface area (Å²) in [6.45, 7) is -0.928. The van der Waals surface area contributed by atoms with E-state index in [0.717, 1.165) is 16.5 Å². The van der Waals surface area contributed by atoms with Gasteiger partial charge in [-0.1, -0.05) is 6.07 Å². The number of hydrogen-bond donors (Lipinski definition) is 3. The molecule has 5 rings (SSSR count). The van der Waals surface area contributed by atoms with Crippen molar-refractivity contribution >= 4 is 33.8 Å². The van der Waals surface area contributed by atoms with Crippen molar-refractivity contribution in [1.29, 1.82) is 5.26 Å². The second kappa shape index (κ2) is 7.67. The Morgan fingerprint density at radius 3 is 2.94 bits per heavy atom. The van der Waals surface area contributed by atoms with Crippen molar-refractivity contribution in [1.82, 2.24) is 24.8 Å². The van der Waals surface area contributed by atoms with Crippen LogP contribution in [0.4, 0.5) is 19.5 Å². The van der Waals surface area contributed by atoms with Crippen molar-refractivity contribution in [3.63, 3.8) is 0 Å². The van der Waals surface area contributed by atoms with Gasteiger partial charge in [0, 0.05) is 65.2 Å². The van der Waals surface area contributed by atoms with E-state index in [4.69, 9.17) is 10.4 Å². The first-order chi connectivity index (χ1) is 15.8. The molecule has 3 N–H and O–H groups in total. The van der Waals surface area contributed by atoms with E-state index in [2.05, 4.69) is 31.3 Å². The fraction of sp³-hybridized carbons (Fsp3) is 0.227. The lowest BCUT2D eigenvalue weighted by molar-refractivity contribution is -0.0613. The standard InChI is InChI=1S/C22H17F2N7O2/c23-22(24)4-14(10-31(11-22)21(32)33)29-20-28-7-13-6-26-8-17(19(13)30-20)16-9-27-18-3-12(5-25)1-2-15(16)18/h1-3,6-9,14,27H,4,10-11H2,(H,32,33)(H,28,29,30)/t14-/m0/s1. The van der Waals surface area contributed by atoms with Crippen LogP contribution in [0.1, 0.15) is 12.0 Å². The molecule has 4 aromatic rings. The van der Waals surface area contributed by atoms with Gasteiger partial charge in [0.25, 0.3) is 5.92 Å². The highest BCUT2D eigenvalue weighted by Crippen LogP contribution is 2.33. The number of anilines is 1. The molecule has 33 heavy (non-hydrogen) atoms. The number of halogens is 2. The predicted molar refractivity (Wildman–Crippen MR) is 116 cm³/mol. The summed E-state index contributed by atoms with van der Waals surface area (Å²) < 4.78 is 28.1. The first-order valence-electron chi connectivity index (χ1n) is 10.1. The number of nitrogens with one attached hydrogen (secondary N) is 2. The molecule has 1 aromatic carbocycles. The van der Waals surface area contributed by atoms with Crippen LogP contribution in [0.3, 0.4) is 0 Å². The molecule has 1 aliphatic rings. The first-order valence-corrected chi connectivity index (χ1v) is 10.1. The molecular formula is C22H17F2N7O2. The monoisotopic (exact) mass is 449 g/mol. The van der Waals surface area contributed by atoms with Crippen LogP contribution in [0, 0.1) is 11.3 Å². The Morgan fingerprint density at radius 1 is 1.30 bits per heavy atom. The summed E-state index contributed by atoms with van der Waals surface area (Å²) in [5.74, 6) is -3.03. The summed E-state index contributed by atoms with van der Waals surface area (Å²) in [6.07, 6.45) is 4.68. The minimum atomic E-state index is -3.15. The Hall–Kier alpha value is -4.33. The van der Waals surface area contributed by atoms with Gasteiger partial charge in [0.15, 0.2) is 0 Å². The Balaban J connectivity index is 1.52. The quantitative estimate of drug-likeness (QED) is 0.433. The SMILES string of the molecule is N#Cc1ccc2c(-c3cncc4cnc(N[C@@H]5CN(C(=O)O)CC(F)(F)C5)nc34)c[nH]c2c1. The molecule has 0 spiro atoms. The second-order valence-electron chi connectivity index (χ2n) is 7.96. The molecule has 1 fully saturated rings. The number of alkyl halides is 2. The second-order valence-corrected chi connectivity index (χ2v) is 7.96. The molecule has 3 aromatic heterocycles. The number of benzene rings is 1. The third-order valence-electron chi connectivity index (χ3n) is 5.60. The number of rotatable bonds is 3. The number of carbonyl (C=O) groups is 1. The molecule has 0 saturated carbocycles. The third-order valence-corrected chi connectivity index (χ3v) is 5.60. The van der Waals surface area contributed by atoms with E-state index in [9.17, 15) is 13.6 Å². The summed E-state index contributed by atoms with van der Waals surface area (Å²) in [7, 11) is 0. The molecule has 1 saturated heterocycles. The summed E-state index contributed by atoms with van der Waals surface area (Å²) >= 11 is 0. The Bertz CT molecular complexity index is 1430. The van der Waals surface area contributed by atoms with Crippen molar-refractivity contribution in [2.45, 2.75) is 18.4 Å². The highest BCUT2D eigenvalue weighted by molar-refractivity contribution is 6.03. The maximum atomic E-state index is 14.1. The summed E-state index contributed by atoms with van der Waals surface area (Å²) in [5.41, 5.74) is 3.39. The highest BCUT2D eigenvalue weighted by Gasteiger charge is 2.42. The molecule has 9 nitrogen and oxygen atoms in total. The van der Waals surface area contributed by atoms with Crippen molar-refractivity contribution in [3.8, 4) is 17.2 Å². The lowest BCUT2D eigenvalue weighted by Crippen LogP contribution is -2.53. The number of nitriles is 1. The van der Waals surface area contributed by atoms with Gasteiger partial charge in [-0.25, -0.2) is 23.5 Å². The Morgan fingerprint density at radius 2 is 2.15 bits per heavy atom.